The summed E-state index contributed by atoms with van der Waals surface area (Å²) in [5.74, 6) is 0.954. The predicted octanol–water partition coefficient (Wildman–Crippen LogP) is 4.95. The number of ether oxygens (including phenoxy) is 1. The van der Waals surface area contributed by atoms with Crippen molar-refractivity contribution in [1.29, 1.82) is 0 Å². The molecule has 0 aliphatic carbocycles. The average molecular weight is 454 g/mol. The number of hydrogen-bond donors (Lipinski definition) is 1. The molecular weight excluding hydrogens is 434 g/mol. The van der Waals surface area contributed by atoms with E-state index in [1.165, 1.54) is 11.8 Å². The fourth-order valence-corrected chi connectivity index (χ4v) is 4.47. The summed E-state index contributed by atoms with van der Waals surface area (Å²) in [6.07, 6.45) is 4.97. The number of aromatic hydroxyl groups is 1. The number of thiophene rings is 1. The van der Waals surface area contributed by atoms with Crippen molar-refractivity contribution in [2.45, 2.75) is 13.5 Å². The minimum absolute atomic E-state index is 0.0650. The van der Waals surface area contributed by atoms with E-state index in [1.807, 2.05) is 36.6 Å². The van der Waals surface area contributed by atoms with E-state index in [2.05, 4.69) is 10.2 Å². The first-order chi connectivity index (χ1) is 15.1. The first-order valence-electron chi connectivity index (χ1n) is 9.48. The van der Waals surface area contributed by atoms with E-state index in [9.17, 15) is 9.90 Å². The van der Waals surface area contributed by atoms with E-state index < -0.39 is 0 Å². The van der Waals surface area contributed by atoms with Crippen LogP contribution in [0.15, 0.2) is 73.6 Å². The maximum Gasteiger partial charge on any atom is 0.267 e. The molecule has 1 aliphatic heterocycles. The molecule has 0 saturated carbocycles. The van der Waals surface area contributed by atoms with Gasteiger partial charge in [0.1, 0.15) is 5.76 Å². The number of hydrogen-bond acceptors (Lipinski definition) is 8. The minimum atomic E-state index is -0.146. The third-order valence-electron chi connectivity index (χ3n) is 4.23. The molecule has 3 heterocycles. The van der Waals surface area contributed by atoms with Crippen molar-refractivity contribution >= 4 is 46.5 Å². The van der Waals surface area contributed by atoms with E-state index >= 15 is 0 Å². The summed E-state index contributed by atoms with van der Waals surface area (Å²) in [7, 11) is 0. The topological polar surface area (TPSA) is 87.6 Å². The number of phenolic OH excluding ortho intramolecular Hbond substituents is 1. The monoisotopic (exact) mass is 453 g/mol. The molecule has 0 spiro atoms. The van der Waals surface area contributed by atoms with Gasteiger partial charge in [-0.15, -0.1) is 16.4 Å². The first-order valence-corrected chi connectivity index (χ1v) is 11.2. The fraction of sp³-hybridized carbons (Fsp3) is 0.136. The zero-order valence-corrected chi connectivity index (χ0v) is 18.2. The van der Waals surface area contributed by atoms with Crippen molar-refractivity contribution < 1.29 is 19.1 Å². The van der Waals surface area contributed by atoms with E-state index in [4.69, 9.17) is 9.15 Å². The van der Waals surface area contributed by atoms with Crippen LogP contribution in [0.25, 0.3) is 6.08 Å². The molecule has 0 bridgehead atoms. The SMILES string of the molecule is CCOc1cc(/C=N/N=C2\S/C(=C\c3cccs3)C(=O)N2Cc2ccco2)ccc1O. The number of amidine groups is 1. The number of carbonyl (C=O) groups excluding carboxylic acids is 1. The molecule has 3 aromatic rings. The van der Waals surface area contributed by atoms with E-state index in [0.717, 1.165) is 4.88 Å². The van der Waals surface area contributed by atoms with Gasteiger partial charge in [-0.05, 0) is 72.1 Å². The van der Waals surface area contributed by atoms with Crippen molar-refractivity contribution in [2.24, 2.45) is 10.2 Å². The van der Waals surface area contributed by atoms with Gasteiger partial charge in [0.05, 0.1) is 30.5 Å². The van der Waals surface area contributed by atoms with Crippen molar-refractivity contribution in [3.05, 3.63) is 75.2 Å². The number of carbonyl (C=O) groups is 1. The Morgan fingerprint density at radius 1 is 1.26 bits per heavy atom. The maximum atomic E-state index is 13.0. The maximum absolute atomic E-state index is 13.0. The van der Waals surface area contributed by atoms with Gasteiger partial charge in [-0.3, -0.25) is 9.69 Å². The molecule has 4 rings (SSSR count). The normalized spacial score (nSPS) is 16.8. The minimum Gasteiger partial charge on any atom is -0.504 e. The van der Waals surface area contributed by atoms with Crippen LogP contribution in [-0.4, -0.2) is 33.9 Å². The van der Waals surface area contributed by atoms with E-state index in [1.54, 1.807) is 53.0 Å². The second-order valence-corrected chi connectivity index (χ2v) is 8.37. The van der Waals surface area contributed by atoms with Crippen LogP contribution in [0.2, 0.25) is 0 Å². The Hall–Kier alpha value is -3.30. The number of amides is 1. The molecule has 1 amide bonds. The number of benzene rings is 1. The molecule has 2 aromatic heterocycles. The number of phenols is 1. The number of nitrogens with zero attached hydrogens (tertiary/aromatic N) is 3. The zero-order valence-electron chi connectivity index (χ0n) is 16.6. The smallest absolute Gasteiger partial charge is 0.267 e. The Morgan fingerprint density at radius 2 is 2.16 bits per heavy atom. The first kappa shape index (κ1) is 21.0. The summed E-state index contributed by atoms with van der Waals surface area (Å²) >= 11 is 2.83. The quantitative estimate of drug-likeness (QED) is 0.311. The van der Waals surface area contributed by atoms with Crippen LogP contribution in [-0.2, 0) is 11.3 Å². The van der Waals surface area contributed by atoms with Gasteiger partial charge in [0.2, 0.25) is 0 Å². The van der Waals surface area contributed by atoms with Gasteiger partial charge in [-0.1, -0.05) is 6.07 Å². The molecule has 1 aliphatic rings. The highest BCUT2D eigenvalue weighted by Crippen LogP contribution is 2.34. The molecule has 31 heavy (non-hydrogen) atoms. The highest BCUT2D eigenvalue weighted by molar-refractivity contribution is 8.18. The Bertz CT molecular complexity index is 1140. The third kappa shape index (κ3) is 5.07. The summed E-state index contributed by atoms with van der Waals surface area (Å²) in [5, 5.41) is 20.7. The van der Waals surface area contributed by atoms with Crippen LogP contribution in [0.4, 0.5) is 0 Å². The van der Waals surface area contributed by atoms with E-state index in [0.29, 0.717) is 33.8 Å². The van der Waals surface area contributed by atoms with E-state index in [-0.39, 0.29) is 18.2 Å². The van der Waals surface area contributed by atoms with Crippen LogP contribution >= 0.6 is 23.1 Å². The molecule has 158 valence electrons. The van der Waals surface area contributed by atoms with Crippen molar-refractivity contribution in [3.63, 3.8) is 0 Å². The Labute approximate surface area is 187 Å². The van der Waals surface area contributed by atoms with Crippen LogP contribution in [0, 0.1) is 0 Å². The number of thioether (sulfide) groups is 1. The van der Waals surface area contributed by atoms with Gasteiger partial charge < -0.3 is 14.3 Å². The largest absolute Gasteiger partial charge is 0.504 e. The lowest BCUT2D eigenvalue weighted by molar-refractivity contribution is -0.122. The lowest BCUT2D eigenvalue weighted by Gasteiger charge is -2.12. The molecule has 1 N–H and O–H groups in total. The van der Waals surface area contributed by atoms with Crippen molar-refractivity contribution in [2.75, 3.05) is 6.61 Å². The number of furan rings is 1. The third-order valence-corrected chi connectivity index (χ3v) is 6.05. The van der Waals surface area contributed by atoms with Gasteiger partial charge in [-0.2, -0.15) is 5.10 Å². The van der Waals surface area contributed by atoms with Gasteiger partial charge in [0.15, 0.2) is 16.7 Å². The molecule has 1 fully saturated rings. The van der Waals surface area contributed by atoms with Crippen molar-refractivity contribution in [3.8, 4) is 11.5 Å². The summed E-state index contributed by atoms with van der Waals surface area (Å²) in [4.78, 5) is 16.1. The Morgan fingerprint density at radius 3 is 2.90 bits per heavy atom. The standard InChI is InChI=1S/C22H19N3O4S2/c1-2-28-19-11-15(7-8-18(19)26)13-23-24-22-25(14-16-5-3-9-29-16)21(27)20(31-22)12-17-6-4-10-30-17/h3-13,26H,2,14H2,1H3/b20-12-,23-13+,24-22-. The van der Waals surface area contributed by atoms with Gasteiger partial charge in [-0.25, -0.2) is 0 Å². The van der Waals surface area contributed by atoms with Crippen LogP contribution < -0.4 is 4.74 Å². The highest BCUT2D eigenvalue weighted by atomic mass is 32.2. The second kappa shape index (κ2) is 9.67. The molecule has 1 saturated heterocycles. The second-order valence-electron chi connectivity index (χ2n) is 6.38. The summed E-state index contributed by atoms with van der Waals surface area (Å²) in [5.41, 5.74) is 0.715. The zero-order chi connectivity index (χ0) is 21.6. The summed E-state index contributed by atoms with van der Waals surface area (Å²) < 4.78 is 10.8. The lowest BCUT2D eigenvalue weighted by Crippen LogP contribution is -2.28. The van der Waals surface area contributed by atoms with Crippen LogP contribution in [0.1, 0.15) is 23.1 Å². The van der Waals surface area contributed by atoms with Gasteiger partial charge in [0, 0.05) is 4.88 Å². The molecular formula is C22H19N3O4S2. The molecule has 0 atom stereocenters. The Kier molecular flexibility index (Phi) is 6.54. The molecule has 0 unspecified atom stereocenters. The molecule has 0 radical (unpaired) electrons. The molecule has 7 nitrogen and oxygen atoms in total. The Balaban J connectivity index is 1.59. The molecule has 9 heteroatoms. The van der Waals surface area contributed by atoms with Gasteiger partial charge >= 0.3 is 0 Å². The van der Waals surface area contributed by atoms with Crippen LogP contribution in [0.3, 0.4) is 0 Å². The fourth-order valence-electron chi connectivity index (χ4n) is 2.81. The lowest BCUT2D eigenvalue weighted by atomic mass is 10.2. The van der Waals surface area contributed by atoms with Crippen LogP contribution in [0.5, 0.6) is 11.5 Å². The van der Waals surface area contributed by atoms with Gasteiger partial charge in [0.25, 0.3) is 5.91 Å². The number of rotatable bonds is 7. The van der Waals surface area contributed by atoms with Crippen molar-refractivity contribution in [1.82, 2.24) is 4.90 Å². The average Bonchev–Trinajstić information content (AvgIpc) is 3.51. The highest BCUT2D eigenvalue weighted by Gasteiger charge is 2.34. The summed E-state index contributed by atoms with van der Waals surface area (Å²) in [6, 6.07) is 12.4. The molecule has 1 aromatic carbocycles. The summed E-state index contributed by atoms with van der Waals surface area (Å²) in [6.45, 7) is 2.55. The predicted molar refractivity (Wildman–Crippen MR) is 123 cm³/mol.